The van der Waals surface area contributed by atoms with Gasteiger partial charge in [0.2, 0.25) is 5.75 Å². The zero-order valence-electron chi connectivity index (χ0n) is 8.12. The lowest BCUT2D eigenvalue weighted by Crippen LogP contribution is -2.20. The van der Waals surface area contributed by atoms with Crippen LogP contribution in [0, 0.1) is 0 Å². The van der Waals surface area contributed by atoms with Crippen LogP contribution in [0.2, 0.25) is 0 Å². The number of benzene rings is 1. The number of alkyl halides is 3. The Morgan fingerprint density at radius 2 is 1.81 bits per heavy atom. The van der Waals surface area contributed by atoms with E-state index in [1.807, 2.05) is 0 Å². The minimum absolute atomic E-state index is 0.349. The maximum atomic E-state index is 12.2. The van der Waals surface area contributed by atoms with Gasteiger partial charge in [-0.15, -0.1) is 0 Å². The van der Waals surface area contributed by atoms with E-state index in [4.69, 9.17) is 15.3 Å². The zero-order chi connectivity index (χ0) is 12.5. The molecule has 0 spiro atoms. The van der Waals surface area contributed by atoms with E-state index in [0.29, 0.717) is 6.07 Å². The second-order valence-corrected chi connectivity index (χ2v) is 3.04. The second kappa shape index (κ2) is 4.09. The Morgan fingerprint density at radius 1 is 1.25 bits per heavy atom. The number of aliphatic hydroxyl groups excluding tert-OH is 1. The smallest absolute Gasteiger partial charge is 0.418 e. The number of hydrogen-bond donors (Lipinski definition) is 3. The van der Waals surface area contributed by atoms with E-state index in [9.17, 15) is 13.2 Å². The third-order valence-corrected chi connectivity index (χ3v) is 1.92. The zero-order valence-corrected chi connectivity index (χ0v) is 8.12. The molecule has 0 aliphatic heterocycles. The first-order valence-corrected chi connectivity index (χ1v) is 4.12. The normalized spacial score (nSPS) is 13.6. The summed E-state index contributed by atoms with van der Waals surface area (Å²) in [4.78, 5) is 0. The van der Waals surface area contributed by atoms with Crippen LogP contribution in [0.25, 0.3) is 0 Å². The van der Waals surface area contributed by atoms with Gasteiger partial charge in [-0.3, -0.25) is 0 Å². The molecule has 0 heterocycles. The van der Waals surface area contributed by atoms with Crippen LogP contribution in [0.3, 0.4) is 0 Å². The van der Waals surface area contributed by atoms with E-state index < -0.39 is 29.3 Å². The van der Waals surface area contributed by atoms with Crippen molar-refractivity contribution < 1.29 is 33.2 Å². The van der Waals surface area contributed by atoms with E-state index in [1.54, 1.807) is 0 Å². The Balaban J connectivity index is 3.21. The van der Waals surface area contributed by atoms with Crippen molar-refractivity contribution in [3.8, 4) is 17.2 Å². The van der Waals surface area contributed by atoms with Crippen molar-refractivity contribution in [2.75, 3.05) is 7.11 Å². The Bertz CT molecular complexity index is 389. The highest BCUT2D eigenvalue weighted by Crippen LogP contribution is 2.41. The van der Waals surface area contributed by atoms with Crippen LogP contribution in [-0.2, 0) is 0 Å². The first kappa shape index (κ1) is 12.4. The Kier molecular flexibility index (Phi) is 3.18. The van der Waals surface area contributed by atoms with Gasteiger partial charge in [0, 0.05) is 0 Å². The maximum Gasteiger partial charge on any atom is 0.418 e. The van der Waals surface area contributed by atoms with Crippen LogP contribution in [0.5, 0.6) is 17.2 Å². The summed E-state index contributed by atoms with van der Waals surface area (Å²) in [5, 5.41) is 27.2. The molecule has 7 heteroatoms. The molecule has 0 fully saturated rings. The Morgan fingerprint density at radius 3 is 2.25 bits per heavy atom. The molecule has 0 saturated heterocycles. The second-order valence-electron chi connectivity index (χ2n) is 3.04. The van der Waals surface area contributed by atoms with Gasteiger partial charge in [0.05, 0.1) is 7.11 Å². The minimum atomic E-state index is -4.85. The highest BCUT2D eigenvalue weighted by Gasteiger charge is 2.40. The van der Waals surface area contributed by atoms with E-state index in [1.165, 1.54) is 0 Å². The van der Waals surface area contributed by atoms with Gasteiger partial charge in [-0.05, 0) is 17.7 Å². The molecular formula is C9H9F3O4. The van der Waals surface area contributed by atoms with Gasteiger partial charge in [0.1, 0.15) is 0 Å². The van der Waals surface area contributed by atoms with Crippen LogP contribution in [-0.4, -0.2) is 28.6 Å². The van der Waals surface area contributed by atoms with E-state index in [2.05, 4.69) is 4.74 Å². The SMILES string of the molecule is COc1cc([C@H](O)C(F)(F)F)cc(O)c1O. The predicted molar refractivity (Wildman–Crippen MR) is 47.3 cm³/mol. The fourth-order valence-corrected chi connectivity index (χ4v) is 1.12. The number of aliphatic hydroxyl groups is 1. The largest absolute Gasteiger partial charge is 0.504 e. The van der Waals surface area contributed by atoms with Gasteiger partial charge in [0.15, 0.2) is 17.6 Å². The third-order valence-electron chi connectivity index (χ3n) is 1.92. The average molecular weight is 238 g/mol. The molecule has 0 saturated carbocycles. The molecule has 0 unspecified atom stereocenters. The summed E-state index contributed by atoms with van der Waals surface area (Å²) in [6.45, 7) is 0. The van der Waals surface area contributed by atoms with Crippen molar-refractivity contribution in [1.29, 1.82) is 0 Å². The Labute approximate surface area is 88.5 Å². The summed E-state index contributed by atoms with van der Waals surface area (Å²) in [6, 6.07) is 1.42. The first-order valence-electron chi connectivity index (χ1n) is 4.12. The lowest BCUT2D eigenvalue weighted by atomic mass is 10.1. The molecule has 1 rings (SSSR count). The third kappa shape index (κ3) is 2.30. The lowest BCUT2D eigenvalue weighted by Gasteiger charge is -2.16. The molecule has 0 amide bonds. The standard InChI is InChI=1S/C9H9F3O4/c1-16-6-3-4(2-5(13)7(6)14)8(15)9(10,11)12/h2-3,8,13-15H,1H3/t8-/m0/s1. The monoisotopic (exact) mass is 238 g/mol. The molecule has 0 aliphatic rings. The lowest BCUT2D eigenvalue weighted by molar-refractivity contribution is -0.206. The number of ether oxygens (including phenoxy) is 1. The number of phenolic OH excluding ortho intramolecular Hbond substituents is 2. The van der Waals surface area contributed by atoms with Gasteiger partial charge < -0.3 is 20.1 Å². The van der Waals surface area contributed by atoms with E-state index in [-0.39, 0.29) is 5.75 Å². The summed E-state index contributed by atoms with van der Waals surface area (Å²) >= 11 is 0. The average Bonchev–Trinajstić information content (AvgIpc) is 2.19. The molecule has 4 nitrogen and oxygen atoms in total. The first-order chi connectivity index (χ1) is 7.27. The van der Waals surface area contributed by atoms with Crippen molar-refractivity contribution in [2.24, 2.45) is 0 Å². The minimum Gasteiger partial charge on any atom is -0.504 e. The molecule has 1 atom stereocenters. The van der Waals surface area contributed by atoms with Gasteiger partial charge in [-0.25, -0.2) is 0 Å². The van der Waals surface area contributed by atoms with Crippen LogP contribution >= 0.6 is 0 Å². The highest BCUT2D eigenvalue weighted by atomic mass is 19.4. The van der Waals surface area contributed by atoms with Gasteiger partial charge >= 0.3 is 6.18 Å². The predicted octanol–water partition coefficient (Wildman–Crippen LogP) is 1.70. The molecule has 0 bridgehead atoms. The van der Waals surface area contributed by atoms with Crippen molar-refractivity contribution in [1.82, 2.24) is 0 Å². The summed E-state index contributed by atoms with van der Waals surface area (Å²) in [6.07, 6.45) is -7.60. The van der Waals surface area contributed by atoms with Crippen LogP contribution in [0.1, 0.15) is 11.7 Å². The van der Waals surface area contributed by atoms with Gasteiger partial charge in [-0.2, -0.15) is 13.2 Å². The summed E-state index contributed by atoms with van der Waals surface area (Å²) < 4.78 is 41.0. The summed E-state index contributed by atoms with van der Waals surface area (Å²) in [5.41, 5.74) is -0.611. The van der Waals surface area contributed by atoms with Crippen molar-refractivity contribution in [3.05, 3.63) is 17.7 Å². The van der Waals surface area contributed by atoms with Crippen molar-refractivity contribution >= 4 is 0 Å². The van der Waals surface area contributed by atoms with Crippen LogP contribution in [0.15, 0.2) is 12.1 Å². The number of halogens is 3. The molecule has 1 aromatic rings. The van der Waals surface area contributed by atoms with Crippen molar-refractivity contribution in [2.45, 2.75) is 12.3 Å². The van der Waals surface area contributed by atoms with Gasteiger partial charge in [-0.1, -0.05) is 0 Å². The Hall–Kier alpha value is -1.63. The number of methoxy groups -OCH3 is 1. The summed E-state index contributed by atoms with van der Waals surface area (Å²) in [7, 11) is 1.11. The number of phenols is 2. The molecule has 0 aliphatic carbocycles. The molecule has 90 valence electrons. The van der Waals surface area contributed by atoms with Gasteiger partial charge in [0.25, 0.3) is 0 Å². The molecule has 1 aromatic carbocycles. The van der Waals surface area contributed by atoms with E-state index in [0.717, 1.165) is 13.2 Å². The fraction of sp³-hybridized carbons (Fsp3) is 0.333. The van der Waals surface area contributed by atoms with E-state index >= 15 is 0 Å². The number of hydrogen-bond acceptors (Lipinski definition) is 4. The quantitative estimate of drug-likeness (QED) is 0.686. The molecular weight excluding hydrogens is 229 g/mol. The number of aromatic hydroxyl groups is 2. The van der Waals surface area contributed by atoms with Crippen LogP contribution < -0.4 is 4.74 Å². The maximum absolute atomic E-state index is 12.2. The molecule has 0 radical (unpaired) electrons. The fourth-order valence-electron chi connectivity index (χ4n) is 1.12. The number of rotatable bonds is 2. The topological polar surface area (TPSA) is 69.9 Å². The van der Waals surface area contributed by atoms with Crippen molar-refractivity contribution in [3.63, 3.8) is 0 Å². The molecule has 3 N–H and O–H groups in total. The molecule has 0 aromatic heterocycles. The highest BCUT2D eigenvalue weighted by molar-refractivity contribution is 5.52. The van der Waals surface area contributed by atoms with Crippen LogP contribution in [0.4, 0.5) is 13.2 Å². The molecule has 16 heavy (non-hydrogen) atoms. The summed E-state index contributed by atoms with van der Waals surface area (Å²) in [5.74, 6) is -1.82.